The number of carbonyl (C=O) groups excluding carboxylic acids is 3. The van der Waals surface area contributed by atoms with Crippen molar-refractivity contribution in [1.82, 2.24) is 16.0 Å². The molecule has 0 aromatic heterocycles. The van der Waals surface area contributed by atoms with Gasteiger partial charge in [-0.25, -0.2) is 4.79 Å². The fourth-order valence-corrected chi connectivity index (χ4v) is 9.09. The van der Waals surface area contributed by atoms with Gasteiger partial charge in [-0.3, -0.25) is 9.59 Å². The molecule has 240 valence electrons. The number of benzene rings is 2. The molecular weight excluding hydrogens is 602 g/mol. The molecule has 45 heavy (non-hydrogen) atoms. The first-order valence-corrected chi connectivity index (χ1v) is 16.3. The maximum atomic E-state index is 13.4. The standard InChI is InChI=1S/C32H37N3O9S/c1-39-22-8-15(9-23(40-2)30(22)41-3)26-16-10-20-21(44-14-43-20)11-17(16)28(18-12-42-31(37)27(18)26)34-25(36)7-5-4-6-24-29-19(13-45-24)33-32(38)35-29/h8-11,18-19,24,26-29H,4-7,12-14H2,1-3H3,(H,34,36)(H2,33,35,38)/t18-,19+,24-,26+,27+,28+,29+/m0/s1. The molecule has 0 saturated carbocycles. The van der Waals surface area contributed by atoms with Crippen molar-refractivity contribution in [2.45, 2.75) is 55.0 Å². The second-order valence-corrected chi connectivity index (χ2v) is 13.3. The fraction of sp³-hybridized carbons (Fsp3) is 0.531. The lowest BCUT2D eigenvalue weighted by atomic mass is 9.65. The number of esters is 1. The Hall–Kier alpha value is -4.00. The van der Waals surface area contributed by atoms with Crippen molar-refractivity contribution in [3.63, 3.8) is 0 Å². The molecule has 0 bridgehead atoms. The molecule has 3 N–H and O–H groups in total. The normalized spacial score (nSPS) is 28.7. The predicted molar refractivity (Wildman–Crippen MR) is 163 cm³/mol. The van der Waals surface area contributed by atoms with E-state index in [0.717, 1.165) is 41.7 Å². The topological polar surface area (TPSA) is 143 Å². The van der Waals surface area contributed by atoms with Crippen LogP contribution >= 0.6 is 11.8 Å². The van der Waals surface area contributed by atoms with Crippen LogP contribution in [0.3, 0.4) is 0 Å². The average Bonchev–Trinajstić information content (AvgIpc) is 3.83. The second-order valence-electron chi connectivity index (χ2n) is 12.0. The average molecular weight is 640 g/mol. The molecule has 3 fully saturated rings. The van der Waals surface area contributed by atoms with Crippen LogP contribution in [-0.4, -0.2) is 75.7 Å². The molecule has 12 nitrogen and oxygen atoms in total. The molecule has 0 unspecified atom stereocenters. The van der Waals surface area contributed by atoms with Gasteiger partial charge in [-0.2, -0.15) is 11.8 Å². The van der Waals surface area contributed by atoms with Crippen molar-refractivity contribution in [2.75, 3.05) is 40.5 Å². The first-order chi connectivity index (χ1) is 21.9. The summed E-state index contributed by atoms with van der Waals surface area (Å²) in [6.45, 7) is 0.282. The molecular formula is C32H37N3O9S. The zero-order chi connectivity index (χ0) is 31.2. The van der Waals surface area contributed by atoms with Crippen molar-refractivity contribution in [2.24, 2.45) is 11.8 Å². The first-order valence-electron chi connectivity index (χ1n) is 15.3. The van der Waals surface area contributed by atoms with Crippen molar-refractivity contribution in [3.8, 4) is 28.7 Å². The molecule has 0 spiro atoms. The van der Waals surface area contributed by atoms with Crippen LogP contribution in [0.1, 0.15) is 54.3 Å². The van der Waals surface area contributed by atoms with E-state index in [-0.39, 0.29) is 49.3 Å². The van der Waals surface area contributed by atoms with Gasteiger partial charge in [-0.15, -0.1) is 0 Å². The van der Waals surface area contributed by atoms with Gasteiger partial charge in [-0.1, -0.05) is 6.42 Å². The first kappa shape index (κ1) is 29.7. The Morgan fingerprint density at radius 2 is 1.69 bits per heavy atom. The number of urea groups is 1. The highest BCUT2D eigenvalue weighted by Gasteiger charge is 2.53. The highest BCUT2D eigenvalue weighted by atomic mass is 32.2. The Balaban J connectivity index is 1.14. The van der Waals surface area contributed by atoms with E-state index in [0.29, 0.717) is 40.4 Å². The predicted octanol–water partition coefficient (Wildman–Crippen LogP) is 3.26. The highest BCUT2D eigenvalue weighted by Crippen LogP contribution is 2.55. The van der Waals surface area contributed by atoms with Crippen molar-refractivity contribution < 1.29 is 42.8 Å². The number of hydrogen-bond donors (Lipinski definition) is 3. The quantitative estimate of drug-likeness (QED) is 0.201. The monoisotopic (exact) mass is 639 g/mol. The van der Waals surface area contributed by atoms with E-state index in [1.54, 1.807) is 21.3 Å². The van der Waals surface area contributed by atoms with Crippen LogP contribution in [0.4, 0.5) is 4.79 Å². The van der Waals surface area contributed by atoms with Gasteiger partial charge in [0.1, 0.15) is 0 Å². The molecule has 2 aromatic rings. The number of fused-ring (bicyclic) bond motifs is 4. The molecule has 3 amide bonds. The lowest BCUT2D eigenvalue weighted by Crippen LogP contribution is -2.42. The summed E-state index contributed by atoms with van der Waals surface area (Å²) in [5.41, 5.74) is 2.51. The number of ether oxygens (including phenoxy) is 6. The van der Waals surface area contributed by atoms with E-state index >= 15 is 0 Å². The number of nitrogens with one attached hydrogen (secondary N) is 3. The Labute approximate surface area is 265 Å². The summed E-state index contributed by atoms with van der Waals surface area (Å²) in [6, 6.07) is 7.34. The zero-order valence-electron chi connectivity index (χ0n) is 25.4. The third-order valence-electron chi connectivity index (χ3n) is 9.63. The Morgan fingerprint density at radius 3 is 2.40 bits per heavy atom. The van der Waals surface area contributed by atoms with Crippen LogP contribution in [0.15, 0.2) is 24.3 Å². The van der Waals surface area contributed by atoms with Crippen molar-refractivity contribution in [1.29, 1.82) is 0 Å². The van der Waals surface area contributed by atoms with Gasteiger partial charge in [0.05, 0.1) is 52.0 Å². The summed E-state index contributed by atoms with van der Waals surface area (Å²) in [5, 5.41) is 9.60. The van der Waals surface area contributed by atoms with Gasteiger partial charge in [0.25, 0.3) is 0 Å². The smallest absolute Gasteiger partial charge is 0.315 e. The number of carbonyl (C=O) groups is 3. The van der Waals surface area contributed by atoms with Crippen molar-refractivity contribution in [3.05, 3.63) is 41.0 Å². The van der Waals surface area contributed by atoms with E-state index in [4.69, 9.17) is 28.4 Å². The van der Waals surface area contributed by atoms with Crippen LogP contribution in [0.25, 0.3) is 0 Å². The van der Waals surface area contributed by atoms with Gasteiger partial charge >= 0.3 is 12.0 Å². The molecule has 13 heteroatoms. The third-order valence-corrected chi connectivity index (χ3v) is 11.1. The minimum atomic E-state index is -0.562. The molecule has 4 aliphatic heterocycles. The van der Waals surface area contributed by atoms with Crippen LogP contribution in [0.5, 0.6) is 28.7 Å². The number of hydrogen-bond acceptors (Lipinski definition) is 10. The summed E-state index contributed by atoms with van der Waals surface area (Å²) in [5.74, 6) is 1.82. The summed E-state index contributed by atoms with van der Waals surface area (Å²) in [4.78, 5) is 38.5. The van der Waals surface area contributed by atoms with Crippen LogP contribution in [0, 0.1) is 11.8 Å². The van der Waals surface area contributed by atoms with E-state index in [1.807, 2.05) is 36.0 Å². The maximum absolute atomic E-state index is 13.4. The van der Waals surface area contributed by atoms with E-state index in [2.05, 4.69) is 16.0 Å². The molecule has 7 atom stereocenters. The SMILES string of the molecule is COc1cc([C@@H]2c3cc4c(cc3[C@@H](NC(=O)CCCC[C@@H]3SC[C@H]5NC(=O)N[C@@H]35)[C@H]3COC(=O)[C@@H]23)OCO4)cc(OC)c1OC. The van der Waals surface area contributed by atoms with Crippen LogP contribution in [0.2, 0.25) is 0 Å². The number of cyclic esters (lactones) is 1. The van der Waals surface area contributed by atoms with Crippen LogP contribution < -0.4 is 39.6 Å². The second kappa shape index (κ2) is 12.1. The molecule has 2 aromatic carbocycles. The van der Waals surface area contributed by atoms with E-state index in [9.17, 15) is 14.4 Å². The minimum absolute atomic E-state index is 0.0826. The van der Waals surface area contributed by atoms with Crippen molar-refractivity contribution >= 4 is 29.7 Å². The minimum Gasteiger partial charge on any atom is -0.493 e. The number of rotatable bonds is 10. The Kier molecular flexibility index (Phi) is 7.96. The van der Waals surface area contributed by atoms with E-state index in [1.165, 1.54) is 0 Å². The summed E-state index contributed by atoms with van der Waals surface area (Å²) < 4.78 is 34.0. The number of methoxy groups -OCH3 is 3. The highest BCUT2D eigenvalue weighted by molar-refractivity contribution is 8.00. The van der Waals surface area contributed by atoms with Crippen LogP contribution in [-0.2, 0) is 14.3 Å². The van der Waals surface area contributed by atoms with Gasteiger partial charge in [0.15, 0.2) is 23.0 Å². The Bertz CT molecular complexity index is 1490. The molecule has 5 aliphatic rings. The number of unbranched alkanes of at least 4 members (excludes halogenated alkanes) is 1. The molecule has 4 heterocycles. The number of thioether (sulfide) groups is 1. The fourth-order valence-electron chi connectivity index (χ4n) is 7.55. The van der Waals surface area contributed by atoms with Gasteiger partial charge in [-0.05, 0) is 53.8 Å². The van der Waals surface area contributed by atoms with E-state index < -0.39 is 17.9 Å². The lowest BCUT2D eigenvalue weighted by Gasteiger charge is -2.39. The molecule has 0 radical (unpaired) electrons. The zero-order valence-corrected chi connectivity index (χ0v) is 26.2. The molecule has 3 saturated heterocycles. The van der Waals surface area contributed by atoms with Gasteiger partial charge < -0.3 is 44.4 Å². The van der Waals surface area contributed by atoms with Gasteiger partial charge in [0, 0.05) is 29.3 Å². The molecule has 1 aliphatic carbocycles. The lowest BCUT2D eigenvalue weighted by molar-refractivity contribution is -0.141. The third kappa shape index (κ3) is 5.24. The largest absolute Gasteiger partial charge is 0.493 e. The summed E-state index contributed by atoms with van der Waals surface area (Å²) >= 11 is 1.87. The maximum Gasteiger partial charge on any atom is 0.315 e. The van der Waals surface area contributed by atoms with Gasteiger partial charge in [0.2, 0.25) is 18.4 Å². The number of amides is 3. The Morgan fingerprint density at radius 1 is 0.956 bits per heavy atom. The molecule has 7 rings (SSSR count). The summed E-state index contributed by atoms with van der Waals surface area (Å²) in [7, 11) is 4.65. The summed E-state index contributed by atoms with van der Waals surface area (Å²) in [6.07, 6.45) is 2.89.